The Morgan fingerprint density at radius 2 is 1.58 bits per heavy atom. The molecule has 0 bridgehead atoms. The van der Waals surface area contributed by atoms with Gasteiger partial charge >= 0.3 is 0 Å². The lowest BCUT2D eigenvalue weighted by Gasteiger charge is -2.22. The molecule has 0 atom stereocenters. The Balaban J connectivity index is 1.71. The van der Waals surface area contributed by atoms with E-state index in [0.717, 1.165) is 17.9 Å². The molecule has 2 aliphatic rings. The first-order chi connectivity index (χ1) is 9.33. The third-order valence-electron chi connectivity index (χ3n) is 4.07. The van der Waals surface area contributed by atoms with Gasteiger partial charge in [-0.1, -0.05) is 6.42 Å². The number of fused-ring (bicyclic) bond motifs is 1. The van der Waals surface area contributed by atoms with Crippen LogP contribution in [0, 0.1) is 0 Å². The Hall–Kier alpha value is -1.42. The van der Waals surface area contributed by atoms with Crippen LogP contribution in [0.3, 0.4) is 0 Å². The summed E-state index contributed by atoms with van der Waals surface area (Å²) in [7, 11) is 0. The highest BCUT2D eigenvalue weighted by Crippen LogP contribution is 2.37. The zero-order valence-electron chi connectivity index (χ0n) is 11.3. The lowest BCUT2D eigenvalue weighted by molar-refractivity contribution is -0.914. The minimum atomic E-state index is 0.259. The smallest absolute Gasteiger partial charge is 0.231 e. The SMILES string of the molecule is Oc1cc2c(cc1C[NH+]1CCCCCCC1)OCO2. The van der Waals surface area contributed by atoms with Crippen molar-refractivity contribution in [3.8, 4) is 17.2 Å². The fraction of sp³-hybridized carbons (Fsp3) is 0.600. The molecule has 1 aromatic rings. The number of quaternary nitrogens is 1. The lowest BCUT2D eigenvalue weighted by Crippen LogP contribution is -3.10. The van der Waals surface area contributed by atoms with E-state index in [1.807, 2.05) is 6.07 Å². The summed E-state index contributed by atoms with van der Waals surface area (Å²) < 4.78 is 10.7. The molecule has 2 heterocycles. The van der Waals surface area contributed by atoms with Crippen molar-refractivity contribution in [1.29, 1.82) is 0 Å². The van der Waals surface area contributed by atoms with Gasteiger partial charge in [0, 0.05) is 6.07 Å². The first-order valence-electron chi connectivity index (χ1n) is 7.28. The van der Waals surface area contributed by atoms with Crippen molar-refractivity contribution in [2.75, 3.05) is 19.9 Å². The van der Waals surface area contributed by atoms with Gasteiger partial charge in [0.1, 0.15) is 12.3 Å². The monoisotopic (exact) mass is 264 g/mol. The molecule has 19 heavy (non-hydrogen) atoms. The summed E-state index contributed by atoms with van der Waals surface area (Å²) in [5.41, 5.74) is 0.972. The maximum Gasteiger partial charge on any atom is 0.231 e. The topological polar surface area (TPSA) is 43.1 Å². The number of phenolic OH excluding ortho intramolecular Hbond substituents is 1. The van der Waals surface area contributed by atoms with Crippen LogP contribution in [0.5, 0.6) is 17.2 Å². The Bertz CT molecular complexity index is 439. The molecule has 0 saturated carbocycles. The number of hydrogen-bond donors (Lipinski definition) is 2. The fourth-order valence-electron chi connectivity index (χ4n) is 2.97. The van der Waals surface area contributed by atoms with Crippen LogP contribution in [-0.4, -0.2) is 25.0 Å². The third kappa shape index (κ3) is 2.95. The van der Waals surface area contributed by atoms with Crippen molar-refractivity contribution < 1.29 is 19.5 Å². The van der Waals surface area contributed by atoms with Gasteiger partial charge in [-0.05, 0) is 31.7 Å². The van der Waals surface area contributed by atoms with Crippen LogP contribution in [0.2, 0.25) is 0 Å². The van der Waals surface area contributed by atoms with Crippen LogP contribution in [-0.2, 0) is 6.54 Å². The molecule has 0 unspecified atom stereocenters. The van der Waals surface area contributed by atoms with Gasteiger partial charge in [-0.15, -0.1) is 0 Å². The maximum atomic E-state index is 10.1. The molecule has 1 aromatic carbocycles. The van der Waals surface area contributed by atoms with E-state index in [9.17, 15) is 5.11 Å². The lowest BCUT2D eigenvalue weighted by atomic mass is 10.1. The molecule has 2 N–H and O–H groups in total. The number of phenols is 1. The van der Waals surface area contributed by atoms with Crippen molar-refractivity contribution in [3.05, 3.63) is 17.7 Å². The van der Waals surface area contributed by atoms with Crippen LogP contribution in [0.25, 0.3) is 0 Å². The van der Waals surface area contributed by atoms with Crippen molar-refractivity contribution in [1.82, 2.24) is 0 Å². The predicted octanol–water partition coefficient (Wildman–Crippen LogP) is 1.47. The first kappa shape index (κ1) is 12.6. The van der Waals surface area contributed by atoms with Crippen LogP contribution in [0.1, 0.15) is 37.7 Å². The molecule has 4 heteroatoms. The third-order valence-corrected chi connectivity index (χ3v) is 4.07. The van der Waals surface area contributed by atoms with E-state index < -0.39 is 0 Å². The normalized spacial score (nSPS) is 20.0. The van der Waals surface area contributed by atoms with E-state index in [0.29, 0.717) is 11.5 Å². The van der Waals surface area contributed by atoms with Crippen molar-refractivity contribution in [3.63, 3.8) is 0 Å². The summed E-state index contributed by atoms with van der Waals surface area (Å²) in [6, 6.07) is 3.62. The molecule has 2 aliphatic heterocycles. The molecule has 1 fully saturated rings. The molecule has 0 aliphatic carbocycles. The summed E-state index contributed by atoms with van der Waals surface area (Å²) in [4.78, 5) is 1.56. The largest absolute Gasteiger partial charge is 0.507 e. The second-order valence-electron chi connectivity index (χ2n) is 5.53. The number of hydrogen-bond acceptors (Lipinski definition) is 3. The fourth-order valence-corrected chi connectivity index (χ4v) is 2.97. The summed E-state index contributed by atoms with van der Waals surface area (Å²) in [5, 5.41) is 10.1. The van der Waals surface area contributed by atoms with Crippen LogP contribution < -0.4 is 14.4 Å². The second kappa shape index (κ2) is 5.70. The average Bonchev–Trinajstić information content (AvgIpc) is 2.79. The van der Waals surface area contributed by atoms with Gasteiger partial charge in [0.15, 0.2) is 11.5 Å². The minimum absolute atomic E-state index is 0.259. The van der Waals surface area contributed by atoms with Gasteiger partial charge in [-0.3, -0.25) is 0 Å². The Morgan fingerprint density at radius 3 is 2.32 bits per heavy atom. The maximum absolute atomic E-state index is 10.1. The molecule has 0 aromatic heterocycles. The van der Waals surface area contributed by atoms with Gasteiger partial charge in [-0.25, -0.2) is 0 Å². The van der Waals surface area contributed by atoms with Crippen LogP contribution in [0.4, 0.5) is 0 Å². The molecule has 0 spiro atoms. The van der Waals surface area contributed by atoms with Crippen LogP contribution in [0.15, 0.2) is 12.1 Å². The van der Waals surface area contributed by atoms with Crippen molar-refractivity contribution in [2.24, 2.45) is 0 Å². The van der Waals surface area contributed by atoms with Crippen molar-refractivity contribution in [2.45, 2.75) is 38.6 Å². The molecule has 0 amide bonds. The number of likely N-dealkylation sites (tertiary alicyclic amines) is 1. The van der Waals surface area contributed by atoms with E-state index in [1.54, 1.807) is 11.0 Å². The standard InChI is InChI=1S/C15H21NO3/c17-13-9-15-14(18-11-19-15)8-12(13)10-16-6-4-2-1-3-5-7-16/h8-9,17H,1-7,10-11H2/p+1. The molecule has 3 rings (SSSR count). The van der Waals surface area contributed by atoms with Gasteiger partial charge in [0.25, 0.3) is 0 Å². The Labute approximate surface area is 113 Å². The summed E-state index contributed by atoms with van der Waals surface area (Å²) in [6.45, 7) is 3.54. The molecular formula is C15H22NO3+. The summed E-state index contributed by atoms with van der Waals surface area (Å²) in [5.74, 6) is 1.75. The van der Waals surface area contributed by atoms with Gasteiger partial charge in [0.05, 0.1) is 18.7 Å². The van der Waals surface area contributed by atoms with E-state index in [-0.39, 0.29) is 6.79 Å². The average molecular weight is 264 g/mol. The van der Waals surface area contributed by atoms with Crippen molar-refractivity contribution >= 4 is 0 Å². The Kier molecular flexibility index (Phi) is 3.78. The van der Waals surface area contributed by atoms with Gasteiger partial charge in [-0.2, -0.15) is 0 Å². The summed E-state index contributed by atoms with van der Waals surface area (Å²) in [6.07, 6.45) is 6.65. The van der Waals surface area contributed by atoms with E-state index in [4.69, 9.17) is 9.47 Å². The highest BCUT2D eigenvalue weighted by atomic mass is 16.7. The van der Waals surface area contributed by atoms with E-state index in [2.05, 4.69) is 0 Å². The van der Waals surface area contributed by atoms with E-state index in [1.165, 1.54) is 45.2 Å². The number of aromatic hydroxyl groups is 1. The number of ether oxygens (including phenoxy) is 2. The molecule has 4 nitrogen and oxygen atoms in total. The number of benzene rings is 1. The zero-order chi connectivity index (χ0) is 13.1. The second-order valence-corrected chi connectivity index (χ2v) is 5.53. The predicted molar refractivity (Wildman–Crippen MR) is 71.7 cm³/mol. The minimum Gasteiger partial charge on any atom is -0.507 e. The summed E-state index contributed by atoms with van der Waals surface area (Å²) >= 11 is 0. The highest BCUT2D eigenvalue weighted by molar-refractivity contribution is 5.50. The first-order valence-corrected chi connectivity index (χ1v) is 7.28. The molecular weight excluding hydrogens is 242 g/mol. The molecule has 1 saturated heterocycles. The van der Waals surface area contributed by atoms with E-state index >= 15 is 0 Å². The highest BCUT2D eigenvalue weighted by Gasteiger charge is 2.20. The molecule has 104 valence electrons. The number of nitrogens with one attached hydrogen (secondary N) is 1. The molecule has 0 radical (unpaired) electrons. The zero-order valence-corrected chi connectivity index (χ0v) is 11.3. The quantitative estimate of drug-likeness (QED) is 0.850. The Morgan fingerprint density at radius 1 is 0.947 bits per heavy atom. The van der Waals surface area contributed by atoms with Gasteiger partial charge < -0.3 is 19.5 Å². The van der Waals surface area contributed by atoms with Gasteiger partial charge in [0.2, 0.25) is 6.79 Å². The number of rotatable bonds is 2. The van der Waals surface area contributed by atoms with Crippen LogP contribution >= 0.6 is 0 Å².